The first kappa shape index (κ1) is 15.2. The van der Waals surface area contributed by atoms with Crippen LogP contribution in [0.15, 0.2) is 33.4 Å². The number of rotatable bonds is 5. The minimum atomic E-state index is -0.404. The maximum Gasteiger partial charge on any atom is 0.138 e. The van der Waals surface area contributed by atoms with Gasteiger partial charge < -0.3 is 5.73 Å². The summed E-state index contributed by atoms with van der Waals surface area (Å²) in [4.78, 5) is 2.02. The molecule has 1 heterocycles. The third-order valence-corrected chi connectivity index (χ3v) is 4.44. The van der Waals surface area contributed by atoms with Crippen molar-refractivity contribution in [2.75, 3.05) is 7.05 Å². The smallest absolute Gasteiger partial charge is 0.138 e. The van der Waals surface area contributed by atoms with Crippen molar-refractivity contribution in [2.45, 2.75) is 13.1 Å². The summed E-state index contributed by atoms with van der Waals surface area (Å²) in [5, 5.41) is 9.43. The van der Waals surface area contributed by atoms with E-state index in [0.717, 1.165) is 10.3 Å². The van der Waals surface area contributed by atoms with Crippen LogP contribution >= 0.6 is 27.3 Å². The van der Waals surface area contributed by atoms with Crippen LogP contribution in [0.1, 0.15) is 16.7 Å². The lowest BCUT2D eigenvalue weighted by Crippen LogP contribution is -2.20. The summed E-state index contributed by atoms with van der Waals surface area (Å²) in [6.07, 6.45) is 0. The van der Waals surface area contributed by atoms with Crippen molar-refractivity contribution in [3.63, 3.8) is 0 Å². The molecule has 0 fully saturated rings. The predicted octanol–water partition coefficient (Wildman–Crippen LogP) is 3.57. The summed E-state index contributed by atoms with van der Waals surface area (Å²) < 4.78 is 15.3. The van der Waals surface area contributed by atoms with Gasteiger partial charge in [0.1, 0.15) is 11.7 Å². The van der Waals surface area contributed by atoms with E-state index >= 15 is 0 Å². The Kier molecular flexibility index (Phi) is 4.91. The molecule has 0 saturated carbocycles. The molecule has 0 amide bonds. The van der Waals surface area contributed by atoms with Gasteiger partial charge in [-0.1, -0.05) is 12.1 Å². The highest BCUT2D eigenvalue weighted by Crippen LogP contribution is 2.22. The number of nitrogen functional groups attached to an aromatic ring is 1. The molecule has 0 atom stereocenters. The van der Waals surface area contributed by atoms with E-state index in [1.54, 1.807) is 23.5 Å². The Morgan fingerprint density at radius 3 is 2.80 bits per heavy atom. The number of nitrogens with one attached hydrogen (secondary N) is 1. The lowest BCUT2D eigenvalue weighted by atomic mass is 10.1. The predicted molar refractivity (Wildman–Crippen MR) is 84.6 cm³/mol. The summed E-state index contributed by atoms with van der Waals surface area (Å²) >= 11 is 5.06. The minimum Gasteiger partial charge on any atom is -0.384 e. The van der Waals surface area contributed by atoms with Crippen LogP contribution in [0.2, 0.25) is 0 Å². The highest BCUT2D eigenvalue weighted by Gasteiger charge is 2.12. The SMILES string of the molecule is CN(Cc1csc(Br)c1)Cc1cccc(C(=N)N)c1F. The van der Waals surface area contributed by atoms with Crippen LogP contribution in [-0.2, 0) is 13.1 Å². The van der Waals surface area contributed by atoms with Crippen molar-refractivity contribution in [3.05, 3.63) is 55.9 Å². The molecule has 0 radical (unpaired) electrons. The van der Waals surface area contributed by atoms with E-state index in [2.05, 4.69) is 27.4 Å². The molecule has 0 bridgehead atoms. The van der Waals surface area contributed by atoms with E-state index in [4.69, 9.17) is 11.1 Å². The highest BCUT2D eigenvalue weighted by molar-refractivity contribution is 9.11. The monoisotopic (exact) mass is 355 g/mol. The number of amidine groups is 1. The third kappa shape index (κ3) is 3.65. The van der Waals surface area contributed by atoms with E-state index in [-0.39, 0.29) is 11.4 Å². The average Bonchev–Trinajstić information content (AvgIpc) is 2.77. The molecule has 20 heavy (non-hydrogen) atoms. The van der Waals surface area contributed by atoms with Gasteiger partial charge in [-0.25, -0.2) is 4.39 Å². The zero-order valence-corrected chi connectivity index (χ0v) is 13.4. The van der Waals surface area contributed by atoms with Crippen molar-refractivity contribution >= 4 is 33.1 Å². The topological polar surface area (TPSA) is 53.1 Å². The van der Waals surface area contributed by atoms with Gasteiger partial charge in [0.05, 0.1) is 9.35 Å². The molecule has 2 aromatic rings. The number of nitrogens with zero attached hydrogens (tertiary/aromatic N) is 1. The van der Waals surface area contributed by atoms with Crippen LogP contribution in [0.3, 0.4) is 0 Å². The van der Waals surface area contributed by atoms with Crippen molar-refractivity contribution in [1.29, 1.82) is 5.41 Å². The van der Waals surface area contributed by atoms with Gasteiger partial charge >= 0.3 is 0 Å². The van der Waals surface area contributed by atoms with Gasteiger partial charge in [0, 0.05) is 18.7 Å². The first-order valence-electron chi connectivity index (χ1n) is 6.00. The number of thiophene rings is 1. The zero-order valence-electron chi connectivity index (χ0n) is 11.0. The average molecular weight is 356 g/mol. The van der Waals surface area contributed by atoms with Gasteiger partial charge in [-0.3, -0.25) is 10.3 Å². The number of hydrogen-bond donors (Lipinski definition) is 2. The Bertz CT molecular complexity index is 627. The molecular weight excluding hydrogens is 341 g/mol. The normalized spacial score (nSPS) is 11.0. The molecule has 1 aromatic heterocycles. The number of hydrogen-bond acceptors (Lipinski definition) is 3. The third-order valence-electron chi connectivity index (χ3n) is 2.88. The zero-order chi connectivity index (χ0) is 14.7. The van der Waals surface area contributed by atoms with Gasteiger partial charge in [0.25, 0.3) is 0 Å². The standard InChI is InChI=1S/C14H15BrFN3S/c1-19(6-9-5-12(15)20-8-9)7-10-3-2-4-11(13(10)16)14(17)18/h2-5,8H,6-7H2,1H3,(H3,17,18). The fraction of sp³-hybridized carbons (Fsp3) is 0.214. The number of nitrogens with two attached hydrogens (primary N) is 1. The molecular formula is C14H15BrFN3S. The fourth-order valence-electron chi connectivity index (χ4n) is 2.00. The molecule has 0 aliphatic rings. The Balaban J connectivity index is 2.09. The molecule has 3 nitrogen and oxygen atoms in total. The van der Waals surface area contributed by atoms with Crippen molar-refractivity contribution < 1.29 is 4.39 Å². The van der Waals surface area contributed by atoms with E-state index in [9.17, 15) is 4.39 Å². The van der Waals surface area contributed by atoms with Crippen LogP contribution in [0.5, 0.6) is 0 Å². The molecule has 0 spiro atoms. The van der Waals surface area contributed by atoms with E-state index in [1.165, 1.54) is 11.6 Å². The van der Waals surface area contributed by atoms with Crippen LogP contribution in [-0.4, -0.2) is 17.8 Å². The second-order valence-electron chi connectivity index (χ2n) is 4.62. The van der Waals surface area contributed by atoms with Crippen molar-refractivity contribution in [2.24, 2.45) is 5.73 Å². The molecule has 0 unspecified atom stereocenters. The first-order valence-corrected chi connectivity index (χ1v) is 7.68. The van der Waals surface area contributed by atoms with Crippen molar-refractivity contribution in [3.8, 4) is 0 Å². The summed E-state index contributed by atoms with van der Waals surface area (Å²) in [7, 11) is 1.94. The molecule has 1 aromatic carbocycles. The second kappa shape index (κ2) is 6.47. The lowest BCUT2D eigenvalue weighted by Gasteiger charge is -2.17. The number of benzene rings is 1. The Morgan fingerprint density at radius 2 is 2.20 bits per heavy atom. The maximum absolute atomic E-state index is 14.2. The summed E-state index contributed by atoms with van der Waals surface area (Å²) in [6, 6.07) is 7.03. The van der Waals surface area contributed by atoms with Gasteiger partial charge in [0.2, 0.25) is 0 Å². The van der Waals surface area contributed by atoms with Crippen LogP contribution in [0.4, 0.5) is 4.39 Å². The van der Waals surface area contributed by atoms with E-state index < -0.39 is 5.82 Å². The number of halogens is 2. The molecule has 2 rings (SSSR count). The Labute approximate surface area is 129 Å². The summed E-state index contributed by atoms with van der Waals surface area (Å²) in [5.74, 6) is -0.646. The Hall–Kier alpha value is -1.24. The first-order chi connectivity index (χ1) is 9.47. The molecule has 0 saturated heterocycles. The quantitative estimate of drug-likeness (QED) is 0.636. The van der Waals surface area contributed by atoms with Gasteiger partial charge in [0.15, 0.2) is 0 Å². The second-order valence-corrected chi connectivity index (χ2v) is 6.91. The molecule has 0 aliphatic carbocycles. The van der Waals surface area contributed by atoms with Gasteiger partial charge in [-0.15, -0.1) is 11.3 Å². The maximum atomic E-state index is 14.2. The van der Waals surface area contributed by atoms with E-state index in [1.807, 2.05) is 11.9 Å². The molecule has 106 valence electrons. The fourth-order valence-corrected chi connectivity index (χ4v) is 3.20. The van der Waals surface area contributed by atoms with Crippen LogP contribution in [0.25, 0.3) is 0 Å². The Morgan fingerprint density at radius 1 is 1.45 bits per heavy atom. The molecule has 0 aliphatic heterocycles. The van der Waals surface area contributed by atoms with Crippen LogP contribution < -0.4 is 5.73 Å². The molecule has 3 N–H and O–H groups in total. The van der Waals surface area contributed by atoms with Crippen molar-refractivity contribution in [1.82, 2.24) is 4.90 Å². The molecule has 6 heteroatoms. The summed E-state index contributed by atoms with van der Waals surface area (Å²) in [5.41, 5.74) is 7.27. The summed E-state index contributed by atoms with van der Waals surface area (Å²) in [6.45, 7) is 1.21. The highest BCUT2D eigenvalue weighted by atomic mass is 79.9. The lowest BCUT2D eigenvalue weighted by molar-refractivity contribution is 0.314. The van der Waals surface area contributed by atoms with Gasteiger partial charge in [-0.05, 0) is 46.1 Å². The largest absolute Gasteiger partial charge is 0.384 e. The van der Waals surface area contributed by atoms with E-state index in [0.29, 0.717) is 12.1 Å². The van der Waals surface area contributed by atoms with Crippen LogP contribution in [0, 0.1) is 11.2 Å². The van der Waals surface area contributed by atoms with Gasteiger partial charge in [-0.2, -0.15) is 0 Å². The minimum absolute atomic E-state index is 0.161.